The van der Waals surface area contributed by atoms with Crippen molar-refractivity contribution in [2.24, 2.45) is 0 Å². The molecular weight excluding hydrogens is 352 g/mol. The molecule has 3 heterocycles. The van der Waals surface area contributed by atoms with E-state index in [1.165, 1.54) is 0 Å². The molecule has 0 fully saturated rings. The molecule has 0 spiro atoms. The zero-order chi connectivity index (χ0) is 17.9. The Morgan fingerprint density at radius 3 is 3.08 bits per heavy atom. The Kier molecular flexibility index (Phi) is 4.25. The fraction of sp³-hybridized carbons (Fsp3) is 0.111. The Morgan fingerprint density at radius 2 is 2.19 bits per heavy atom. The number of halogens is 1. The predicted octanol–water partition coefficient (Wildman–Crippen LogP) is 2.66. The highest BCUT2D eigenvalue weighted by molar-refractivity contribution is 6.35. The number of hydrogen-bond donors (Lipinski definition) is 3. The van der Waals surface area contributed by atoms with Crippen LogP contribution in [-0.2, 0) is 0 Å². The first kappa shape index (κ1) is 16.1. The van der Waals surface area contributed by atoms with Gasteiger partial charge in [-0.1, -0.05) is 23.6 Å². The topological polar surface area (TPSA) is 99.3 Å². The molecule has 0 saturated carbocycles. The van der Waals surface area contributed by atoms with E-state index in [1.807, 2.05) is 12.1 Å². The Bertz CT molecular complexity index is 1170. The molecule has 0 aliphatic carbocycles. The van der Waals surface area contributed by atoms with Crippen molar-refractivity contribution < 1.29 is 4.79 Å². The maximum atomic E-state index is 12.2. The van der Waals surface area contributed by atoms with E-state index in [1.54, 1.807) is 24.5 Å². The van der Waals surface area contributed by atoms with Crippen molar-refractivity contribution in [3.05, 3.63) is 53.2 Å². The number of carbonyl (C=O) groups is 1. The summed E-state index contributed by atoms with van der Waals surface area (Å²) in [6.45, 7) is 0.399. The van der Waals surface area contributed by atoms with Gasteiger partial charge in [-0.05, 0) is 24.1 Å². The smallest absolute Gasteiger partial charge is 0.287 e. The Labute approximate surface area is 153 Å². The number of nitrogens with zero attached hydrogens (tertiary/aromatic N) is 3. The van der Waals surface area contributed by atoms with Gasteiger partial charge < -0.3 is 15.3 Å². The lowest BCUT2D eigenvalue weighted by Gasteiger charge is -1.98. The number of aromatic amines is 2. The Balaban J connectivity index is 1.35. The van der Waals surface area contributed by atoms with Gasteiger partial charge in [-0.25, -0.2) is 15.0 Å². The predicted molar refractivity (Wildman–Crippen MR) is 98.8 cm³/mol. The fourth-order valence-corrected chi connectivity index (χ4v) is 2.69. The average Bonchev–Trinajstić information content (AvgIpc) is 3.28. The largest absolute Gasteiger partial charge is 0.348 e. The van der Waals surface area contributed by atoms with Crippen LogP contribution in [0.15, 0.2) is 36.7 Å². The van der Waals surface area contributed by atoms with Gasteiger partial charge in [0.25, 0.3) is 5.91 Å². The van der Waals surface area contributed by atoms with Crippen LogP contribution < -0.4 is 5.32 Å². The average molecular weight is 365 g/mol. The summed E-state index contributed by atoms with van der Waals surface area (Å²) < 4.78 is 0. The lowest BCUT2D eigenvalue weighted by molar-refractivity contribution is 0.0945. The molecule has 128 valence electrons. The van der Waals surface area contributed by atoms with E-state index < -0.39 is 0 Å². The van der Waals surface area contributed by atoms with Gasteiger partial charge in [0, 0.05) is 19.2 Å². The highest BCUT2D eigenvalue weighted by Gasteiger charge is 2.12. The minimum atomic E-state index is -0.299. The molecule has 0 unspecified atom stereocenters. The monoisotopic (exact) mass is 364 g/mol. The van der Waals surface area contributed by atoms with Crippen molar-refractivity contribution in [1.29, 1.82) is 0 Å². The van der Waals surface area contributed by atoms with Crippen molar-refractivity contribution >= 4 is 39.7 Å². The van der Waals surface area contributed by atoms with E-state index in [2.05, 4.69) is 42.1 Å². The molecule has 0 bridgehead atoms. The number of hydrogen-bond acceptors (Lipinski definition) is 4. The van der Waals surface area contributed by atoms with Crippen molar-refractivity contribution in [1.82, 2.24) is 30.2 Å². The fourth-order valence-electron chi connectivity index (χ4n) is 2.47. The highest BCUT2D eigenvalue weighted by Crippen LogP contribution is 2.20. The van der Waals surface area contributed by atoms with Gasteiger partial charge in [-0.3, -0.25) is 4.79 Å². The zero-order valence-electron chi connectivity index (χ0n) is 13.5. The number of amides is 1. The third-order valence-electron chi connectivity index (χ3n) is 3.69. The highest BCUT2D eigenvalue weighted by atomic mass is 35.5. The van der Waals surface area contributed by atoms with Crippen LogP contribution >= 0.6 is 11.6 Å². The first-order chi connectivity index (χ1) is 12.7. The van der Waals surface area contributed by atoms with Crippen molar-refractivity contribution in [2.45, 2.75) is 6.42 Å². The molecule has 3 aromatic heterocycles. The summed E-state index contributed by atoms with van der Waals surface area (Å²) >= 11 is 6.06. The molecule has 26 heavy (non-hydrogen) atoms. The van der Waals surface area contributed by atoms with Crippen molar-refractivity contribution in [3.63, 3.8) is 0 Å². The first-order valence-electron chi connectivity index (χ1n) is 7.92. The standard InChI is InChI=1S/C18H13ClN6O/c19-12-5-3-6-13-15(12)25-17(24-13)18(26)21-8-2-1-4-11-10-22-16-14(23-11)7-9-20-16/h3,5-7,9-10H,2,8H2,(H,20,22)(H,21,26)(H,24,25). The second-order valence-corrected chi connectivity index (χ2v) is 5.90. The third-order valence-corrected chi connectivity index (χ3v) is 4.00. The van der Waals surface area contributed by atoms with Gasteiger partial charge in [0.2, 0.25) is 0 Å². The van der Waals surface area contributed by atoms with Gasteiger partial charge in [0.1, 0.15) is 16.7 Å². The van der Waals surface area contributed by atoms with Gasteiger partial charge in [0.05, 0.1) is 16.7 Å². The number of H-pyrrole nitrogens is 2. The maximum Gasteiger partial charge on any atom is 0.287 e. The van der Waals surface area contributed by atoms with Gasteiger partial charge in [0.15, 0.2) is 11.5 Å². The lowest BCUT2D eigenvalue weighted by atomic mass is 10.3. The molecule has 0 radical (unpaired) electrons. The van der Waals surface area contributed by atoms with Crippen molar-refractivity contribution in [2.75, 3.05) is 6.54 Å². The zero-order valence-corrected chi connectivity index (χ0v) is 14.3. The summed E-state index contributed by atoms with van der Waals surface area (Å²) in [6.07, 6.45) is 3.88. The lowest BCUT2D eigenvalue weighted by Crippen LogP contribution is -2.25. The molecule has 0 aliphatic heterocycles. The number of nitrogens with one attached hydrogen (secondary N) is 3. The summed E-state index contributed by atoms with van der Waals surface area (Å²) in [5.74, 6) is 5.84. The van der Waals surface area contributed by atoms with Gasteiger partial charge >= 0.3 is 0 Å². The van der Waals surface area contributed by atoms with Crippen LogP contribution in [0.5, 0.6) is 0 Å². The molecule has 0 saturated heterocycles. The molecule has 0 aliphatic rings. The van der Waals surface area contributed by atoms with E-state index in [0.717, 1.165) is 16.7 Å². The number of rotatable bonds is 3. The van der Waals surface area contributed by atoms with Crippen molar-refractivity contribution in [3.8, 4) is 11.8 Å². The Hall–Kier alpha value is -3.37. The summed E-state index contributed by atoms with van der Waals surface area (Å²) in [4.78, 5) is 30.9. The van der Waals surface area contributed by atoms with E-state index in [-0.39, 0.29) is 11.7 Å². The van der Waals surface area contributed by atoms with E-state index in [9.17, 15) is 4.79 Å². The van der Waals surface area contributed by atoms with Crippen LogP contribution in [0, 0.1) is 11.8 Å². The summed E-state index contributed by atoms with van der Waals surface area (Å²) in [7, 11) is 0. The molecule has 8 heteroatoms. The molecular formula is C18H13ClN6O. The van der Waals surface area contributed by atoms with Gasteiger partial charge in [-0.15, -0.1) is 0 Å². The molecule has 1 aromatic carbocycles. The molecule has 7 nitrogen and oxygen atoms in total. The van der Waals surface area contributed by atoms with Crippen LogP contribution in [0.2, 0.25) is 5.02 Å². The number of para-hydroxylation sites is 1. The maximum absolute atomic E-state index is 12.2. The summed E-state index contributed by atoms with van der Waals surface area (Å²) in [5.41, 5.74) is 3.40. The molecule has 3 N–H and O–H groups in total. The van der Waals surface area contributed by atoms with Crippen LogP contribution in [0.3, 0.4) is 0 Å². The van der Waals surface area contributed by atoms with Crippen LogP contribution in [0.4, 0.5) is 0 Å². The molecule has 0 atom stereocenters. The number of aromatic nitrogens is 5. The minimum Gasteiger partial charge on any atom is -0.348 e. The first-order valence-corrected chi connectivity index (χ1v) is 8.30. The SMILES string of the molecule is O=C(NCCC#Cc1cnc2[nH]ccc2n1)c1nc2c(Cl)cccc2[nH]1. The number of carbonyl (C=O) groups excluding carboxylic acids is 1. The third kappa shape index (κ3) is 3.23. The second-order valence-electron chi connectivity index (χ2n) is 5.50. The van der Waals surface area contributed by atoms with E-state index in [0.29, 0.717) is 29.2 Å². The molecule has 1 amide bonds. The number of imidazole rings is 1. The number of fused-ring (bicyclic) bond motifs is 2. The van der Waals surface area contributed by atoms with Crippen LogP contribution in [0.25, 0.3) is 22.2 Å². The quantitative estimate of drug-likeness (QED) is 0.384. The summed E-state index contributed by atoms with van der Waals surface area (Å²) in [5, 5.41) is 3.28. The van der Waals surface area contributed by atoms with Gasteiger partial charge in [-0.2, -0.15) is 0 Å². The number of benzene rings is 1. The minimum absolute atomic E-state index is 0.227. The molecule has 4 rings (SSSR count). The van der Waals surface area contributed by atoms with Crippen LogP contribution in [0.1, 0.15) is 22.7 Å². The normalized spacial score (nSPS) is 10.7. The molecule has 4 aromatic rings. The van der Waals surface area contributed by atoms with E-state index >= 15 is 0 Å². The van der Waals surface area contributed by atoms with E-state index in [4.69, 9.17) is 11.6 Å². The summed E-state index contributed by atoms with van der Waals surface area (Å²) in [6, 6.07) is 7.19. The second kappa shape index (κ2) is 6.86. The van der Waals surface area contributed by atoms with Crippen LogP contribution in [-0.4, -0.2) is 37.4 Å². The Morgan fingerprint density at radius 1 is 1.27 bits per heavy atom.